The molecule has 0 aromatic heterocycles. The predicted octanol–water partition coefficient (Wildman–Crippen LogP) is 2.83. The average Bonchev–Trinajstić information content (AvgIpc) is 2.90. The lowest BCUT2D eigenvalue weighted by atomic mass is 9.90. The number of benzene rings is 2. The zero-order chi connectivity index (χ0) is 15.4. The summed E-state index contributed by atoms with van der Waals surface area (Å²) in [6, 6.07) is 19.3. The van der Waals surface area contributed by atoms with Crippen molar-refractivity contribution in [3.05, 3.63) is 66.2 Å². The minimum atomic E-state index is -1.10. The minimum absolute atomic E-state index is 0.00810. The van der Waals surface area contributed by atoms with Gasteiger partial charge >= 0.3 is 5.97 Å². The Kier molecular flexibility index (Phi) is 4.68. The quantitative estimate of drug-likeness (QED) is 0.797. The van der Waals surface area contributed by atoms with E-state index in [4.69, 9.17) is 4.74 Å². The van der Waals surface area contributed by atoms with Gasteiger partial charge in [-0.15, -0.1) is 0 Å². The lowest BCUT2D eigenvalue weighted by Gasteiger charge is -2.15. The minimum Gasteiger partial charge on any atom is -0.465 e. The third-order valence-corrected chi connectivity index (χ3v) is 5.51. The maximum atomic E-state index is 12.4. The molecule has 2 aromatic carbocycles. The Balaban J connectivity index is 1.70. The van der Waals surface area contributed by atoms with E-state index in [2.05, 4.69) is 0 Å². The summed E-state index contributed by atoms with van der Waals surface area (Å²) in [6.45, 7) is 0.370. The van der Waals surface area contributed by atoms with E-state index in [0.717, 1.165) is 10.5 Å². The van der Waals surface area contributed by atoms with E-state index in [9.17, 15) is 9.00 Å². The van der Waals surface area contributed by atoms with Gasteiger partial charge in [0.2, 0.25) is 0 Å². The molecule has 0 radical (unpaired) electrons. The average molecular weight is 314 g/mol. The summed E-state index contributed by atoms with van der Waals surface area (Å²) in [4.78, 5) is 12.8. The molecule has 3 atom stereocenters. The molecule has 0 aliphatic carbocycles. The SMILES string of the molecule is O=C1OC[C@@H](C[S@](=O)c2ccccc2)[C@H]1Cc1ccccc1. The molecule has 0 saturated carbocycles. The third kappa shape index (κ3) is 3.45. The first-order valence-electron chi connectivity index (χ1n) is 7.38. The summed E-state index contributed by atoms with van der Waals surface area (Å²) < 4.78 is 17.7. The van der Waals surface area contributed by atoms with Gasteiger partial charge in [0.1, 0.15) is 0 Å². The second kappa shape index (κ2) is 6.88. The van der Waals surface area contributed by atoms with Crippen LogP contribution in [-0.2, 0) is 26.8 Å². The van der Waals surface area contributed by atoms with Gasteiger partial charge in [-0.2, -0.15) is 0 Å². The fourth-order valence-electron chi connectivity index (χ4n) is 2.75. The highest BCUT2D eigenvalue weighted by Crippen LogP contribution is 2.28. The molecule has 0 bridgehead atoms. The maximum absolute atomic E-state index is 12.4. The van der Waals surface area contributed by atoms with Crippen molar-refractivity contribution in [2.45, 2.75) is 11.3 Å². The Hall–Kier alpha value is -1.94. The highest BCUT2D eigenvalue weighted by Gasteiger charge is 2.37. The van der Waals surface area contributed by atoms with Crippen molar-refractivity contribution in [2.24, 2.45) is 11.8 Å². The van der Waals surface area contributed by atoms with Gasteiger partial charge in [0.25, 0.3) is 0 Å². The lowest BCUT2D eigenvalue weighted by molar-refractivity contribution is -0.141. The monoisotopic (exact) mass is 314 g/mol. The van der Waals surface area contributed by atoms with Crippen LogP contribution < -0.4 is 0 Å². The molecule has 4 heteroatoms. The Labute approximate surface area is 132 Å². The van der Waals surface area contributed by atoms with Crippen molar-refractivity contribution in [3.8, 4) is 0 Å². The highest BCUT2D eigenvalue weighted by molar-refractivity contribution is 7.85. The Morgan fingerprint density at radius 3 is 2.32 bits per heavy atom. The molecule has 114 valence electrons. The van der Waals surface area contributed by atoms with E-state index in [1.165, 1.54) is 0 Å². The van der Waals surface area contributed by atoms with Crippen LogP contribution in [0.15, 0.2) is 65.6 Å². The molecule has 2 aromatic rings. The van der Waals surface area contributed by atoms with Crippen LogP contribution in [0.4, 0.5) is 0 Å². The van der Waals surface area contributed by atoms with E-state index in [0.29, 0.717) is 18.8 Å². The molecule has 1 fully saturated rings. The third-order valence-electron chi connectivity index (χ3n) is 3.98. The van der Waals surface area contributed by atoms with Crippen LogP contribution in [0.1, 0.15) is 5.56 Å². The molecule has 1 aliphatic heterocycles. The smallest absolute Gasteiger partial charge is 0.309 e. The molecule has 22 heavy (non-hydrogen) atoms. The van der Waals surface area contributed by atoms with Gasteiger partial charge in [-0.05, 0) is 24.1 Å². The number of cyclic esters (lactones) is 1. The molecular formula is C18H18O3S. The summed E-state index contributed by atoms with van der Waals surface area (Å²) in [5.74, 6) is 0.107. The van der Waals surface area contributed by atoms with Crippen LogP contribution in [0.25, 0.3) is 0 Å². The normalized spacial score (nSPS) is 22.3. The molecule has 0 N–H and O–H groups in total. The zero-order valence-corrected chi connectivity index (χ0v) is 13.0. The number of rotatable bonds is 5. The van der Waals surface area contributed by atoms with Crippen LogP contribution in [0.5, 0.6) is 0 Å². The summed E-state index contributed by atoms with van der Waals surface area (Å²) in [5.41, 5.74) is 1.11. The van der Waals surface area contributed by atoms with Gasteiger partial charge in [0.05, 0.1) is 23.3 Å². The Bertz CT molecular complexity index is 655. The molecule has 0 unspecified atom stereocenters. The zero-order valence-electron chi connectivity index (χ0n) is 12.2. The van der Waals surface area contributed by atoms with Crippen molar-refractivity contribution in [1.29, 1.82) is 0 Å². The predicted molar refractivity (Wildman–Crippen MR) is 85.8 cm³/mol. The second-order valence-corrected chi connectivity index (χ2v) is 7.01. The van der Waals surface area contributed by atoms with Crippen LogP contribution in [0.3, 0.4) is 0 Å². The van der Waals surface area contributed by atoms with E-state index in [1.54, 1.807) is 0 Å². The summed E-state index contributed by atoms with van der Waals surface area (Å²) in [5, 5.41) is 0. The molecule has 0 spiro atoms. The fourth-order valence-corrected chi connectivity index (χ4v) is 4.12. The van der Waals surface area contributed by atoms with E-state index >= 15 is 0 Å². The number of ether oxygens (including phenoxy) is 1. The van der Waals surface area contributed by atoms with Crippen LogP contribution in [0, 0.1) is 11.8 Å². The standard InChI is InChI=1S/C18H18O3S/c19-18-17(11-14-7-3-1-4-8-14)15(12-21-18)13-22(20)16-9-5-2-6-10-16/h1-10,15,17H,11-13H2/t15-,17+,22-/m0/s1. The number of carbonyl (C=O) groups is 1. The molecule has 1 heterocycles. The van der Waals surface area contributed by atoms with Gasteiger partial charge in [0.15, 0.2) is 0 Å². The van der Waals surface area contributed by atoms with Crippen molar-refractivity contribution < 1.29 is 13.7 Å². The maximum Gasteiger partial charge on any atom is 0.309 e. The van der Waals surface area contributed by atoms with Gasteiger partial charge in [-0.3, -0.25) is 9.00 Å². The van der Waals surface area contributed by atoms with Gasteiger partial charge in [0, 0.05) is 16.6 Å². The summed E-state index contributed by atoms with van der Waals surface area (Å²) in [7, 11) is -1.10. The first-order chi connectivity index (χ1) is 10.7. The van der Waals surface area contributed by atoms with Crippen molar-refractivity contribution in [3.63, 3.8) is 0 Å². The van der Waals surface area contributed by atoms with Gasteiger partial charge < -0.3 is 4.74 Å². The topological polar surface area (TPSA) is 43.4 Å². The summed E-state index contributed by atoms with van der Waals surface area (Å²) >= 11 is 0. The Morgan fingerprint density at radius 2 is 1.64 bits per heavy atom. The fraction of sp³-hybridized carbons (Fsp3) is 0.278. The molecular weight excluding hydrogens is 296 g/mol. The van der Waals surface area contributed by atoms with E-state index in [-0.39, 0.29) is 17.8 Å². The summed E-state index contributed by atoms with van der Waals surface area (Å²) in [6.07, 6.45) is 0.649. The van der Waals surface area contributed by atoms with Crippen LogP contribution >= 0.6 is 0 Å². The number of hydrogen-bond donors (Lipinski definition) is 0. The van der Waals surface area contributed by atoms with Crippen molar-refractivity contribution >= 4 is 16.8 Å². The first-order valence-corrected chi connectivity index (χ1v) is 8.70. The van der Waals surface area contributed by atoms with Gasteiger partial charge in [-0.25, -0.2) is 0 Å². The molecule has 0 amide bonds. The van der Waals surface area contributed by atoms with Gasteiger partial charge in [-0.1, -0.05) is 48.5 Å². The molecule has 3 nitrogen and oxygen atoms in total. The molecule has 3 rings (SSSR count). The number of carbonyl (C=O) groups excluding carboxylic acids is 1. The Morgan fingerprint density at radius 1 is 1.00 bits per heavy atom. The number of hydrogen-bond acceptors (Lipinski definition) is 3. The van der Waals surface area contributed by atoms with Crippen LogP contribution in [0.2, 0.25) is 0 Å². The largest absolute Gasteiger partial charge is 0.465 e. The molecule has 1 aliphatic rings. The molecule has 1 saturated heterocycles. The van der Waals surface area contributed by atoms with Crippen LogP contribution in [-0.4, -0.2) is 22.5 Å². The number of esters is 1. The van der Waals surface area contributed by atoms with Crippen molar-refractivity contribution in [2.75, 3.05) is 12.4 Å². The highest BCUT2D eigenvalue weighted by atomic mass is 32.2. The van der Waals surface area contributed by atoms with E-state index in [1.807, 2.05) is 60.7 Å². The van der Waals surface area contributed by atoms with Crippen molar-refractivity contribution in [1.82, 2.24) is 0 Å². The second-order valence-electron chi connectivity index (χ2n) is 5.51. The lowest BCUT2D eigenvalue weighted by Crippen LogP contribution is -2.23. The first kappa shape index (κ1) is 15.0. The van der Waals surface area contributed by atoms with E-state index < -0.39 is 10.8 Å².